The Bertz CT molecular complexity index is 604. The van der Waals surface area contributed by atoms with E-state index in [2.05, 4.69) is 10.4 Å². The summed E-state index contributed by atoms with van der Waals surface area (Å²) in [5, 5.41) is 7.39. The number of carbonyl (C=O) groups is 1. The highest BCUT2D eigenvalue weighted by molar-refractivity contribution is 5.85. The van der Waals surface area contributed by atoms with E-state index in [9.17, 15) is 4.79 Å². The zero-order valence-electron chi connectivity index (χ0n) is 13.5. The van der Waals surface area contributed by atoms with Gasteiger partial charge in [0.15, 0.2) is 0 Å². The average molecular weight is 374 g/mol. The van der Waals surface area contributed by atoms with Gasteiger partial charge in [-0.05, 0) is 37.9 Å². The predicted octanol–water partition coefficient (Wildman–Crippen LogP) is 2.09. The molecule has 0 fully saturated rings. The van der Waals surface area contributed by atoms with E-state index in [-0.39, 0.29) is 30.7 Å². The van der Waals surface area contributed by atoms with Crippen molar-refractivity contribution >= 4 is 36.5 Å². The summed E-state index contributed by atoms with van der Waals surface area (Å²) >= 11 is 0. The smallest absolute Gasteiger partial charge is 0.220 e. The molecule has 0 aliphatic rings. The first-order valence-electron chi connectivity index (χ1n) is 7.57. The number of anilines is 1. The van der Waals surface area contributed by atoms with Crippen LogP contribution in [0, 0.1) is 0 Å². The maximum absolute atomic E-state index is 11.5. The Morgan fingerprint density at radius 1 is 1.17 bits per heavy atom. The van der Waals surface area contributed by atoms with Crippen molar-refractivity contribution in [1.82, 2.24) is 15.1 Å². The van der Waals surface area contributed by atoms with E-state index in [4.69, 9.17) is 11.5 Å². The molecule has 5 N–H and O–H groups in total. The zero-order valence-corrected chi connectivity index (χ0v) is 15.1. The van der Waals surface area contributed by atoms with Crippen molar-refractivity contribution in [3.05, 3.63) is 42.1 Å². The van der Waals surface area contributed by atoms with Crippen molar-refractivity contribution in [1.29, 1.82) is 0 Å². The van der Waals surface area contributed by atoms with Gasteiger partial charge in [0.2, 0.25) is 5.91 Å². The van der Waals surface area contributed by atoms with Crippen LogP contribution in [0.15, 0.2) is 36.4 Å². The monoisotopic (exact) mass is 373 g/mol. The van der Waals surface area contributed by atoms with Crippen LogP contribution in [-0.2, 0) is 11.2 Å². The molecule has 1 aromatic heterocycles. The number of para-hydroxylation sites is 1. The number of aromatic nitrogens is 2. The average Bonchev–Trinajstić information content (AvgIpc) is 2.91. The molecule has 134 valence electrons. The molecular weight excluding hydrogens is 349 g/mol. The molecule has 0 spiro atoms. The second kappa shape index (κ2) is 11.7. The second-order valence-electron chi connectivity index (χ2n) is 5.15. The minimum atomic E-state index is 0. The van der Waals surface area contributed by atoms with E-state index < -0.39 is 0 Å². The number of hydrogen-bond acceptors (Lipinski definition) is 4. The Kier molecular flexibility index (Phi) is 10.9. The van der Waals surface area contributed by atoms with E-state index in [1.807, 2.05) is 36.4 Å². The highest BCUT2D eigenvalue weighted by Crippen LogP contribution is 2.14. The summed E-state index contributed by atoms with van der Waals surface area (Å²) < 4.78 is 1.73. The van der Waals surface area contributed by atoms with E-state index >= 15 is 0 Å². The fourth-order valence-electron chi connectivity index (χ4n) is 2.19. The number of halogens is 2. The molecule has 0 unspecified atom stereocenters. The Balaban J connectivity index is 0.00000264. The van der Waals surface area contributed by atoms with Crippen molar-refractivity contribution in [3.8, 4) is 5.69 Å². The van der Waals surface area contributed by atoms with E-state index in [0.717, 1.165) is 30.6 Å². The number of nitrogens with one attached hydrogen (secondary N) is 1. The summed E-state index contributed by atoms with van der Waals surface area (Å²) in [6.45, 7) is 1.19. The van der Waals surface area contributed by atoms with Crippen LogP contribution >= 0.6 is 24.8 Å². The number of aryl methyl sites for hydroxylation is 1. The molecule has 1 heterocycles. The lowest BCUT2D eigenvalue weighted by Gasteiger charge is -2.04. The van der Waals surface area contributed by atoms with Gasteiger partial charge in [0.05, 0.1) is 11.4 Å². The molecule has 2 rings (SSSR count). The molecule has 8 heteroatoms. The second-order valence-corrected chi connectivity index (χ2v) is 5.15. The van der Waals surface area contributed by atoms with Crippen LogP contribution in [0.25, 0.3) is 5.69 Å². The van der Waals surface area contributed by atoms with Crippen LogP contribution in [0.4, 0.5) is 5.82 Å². The summed E-state index contributed by atoms with van der Waals surface area (Å²) in [7, 11) is 0. The number of nitrogen functional groups attached to an aromatic ring is 1. The number of carbonyl (C=O) groups excluding carboxylic acids is 1. The first-order chi connectivity index (χ1) is 10.7. The Morgan fingerprint density at radius 3 is 2.54 bits per heavy atom. The molecule has 0 bridgehead atoms. The van der Waals surface area contributed by atoms with Gasteiger partial charge in [-0.15, -0.1) is 24.8 Å². The molecular formula is C16H25Cl2N5O. The highest BCUT2D eigenvalue weighted by Gasteiger charge is 2.07. The molecule has 0 aliphatic carbocycles. The lowest BCUT2D eigenvalue weighted by atomic mass is 10.2. The summed E-state index contributed by atoms with van der Waals surface area (Å²) in [5.74, 6) is 0.674. The zero-order chi connectivity index (χ0) is 15.8. The van der Waals surface area contributed by atoms with Crippen molar-refractivity contribution in [2.75, 3.05) is 18.8 Å². The van der Waals surface area contributed by atoms with Crippen molar-refractivity contribution in [2.24, 2.45) is 5.73 Å². The Labute approximate surface area is 154 Å². The third-order valence-electron chi connectivity index (χ3n) is 3.33. The molecule has 0 radical (unpaired) electrons. The van der Waals surface area contributed by atoms with Gasteiger partial charge in [-0.25, -0.2) is 4.68 Å². The van der Waals surface area contributed by atoms with Gasteiger partial charge in [-0.2, -0.15) is 5.10 Å². The number of nitrogens with zero attached hydrogens (tertiary/aromatic N) is 2. The molecule has 24 heavy (non-hydrogen) atoms. The van der Waals surface area contributed by atoms with Gasteiger partial charge in [0.1, 0.15) is 5.82 Å². The van der Waals surface area contributed by atoms with Crippen LogP contribution in [-0.4, -0.2) is 28.8 Å². The lowest BCUT2D eigenvalue weighted by molar-refractivity contribution is -0.121. The molecule has 0 saturated heterocycles. The summed E-state index contributed by atoms with van der Waals surface area (Å²) in [4.78, 5) is 11.5. The first-order valence-corrected chi connectivity index (χ1v) is 7.57. The molecule has 0 aliphatic heterocycles. The normalized spacial score (nSPS) is 9.71. The molecule has 6 nitrogen and oxygen atoms in total. The fourth-order valence-corrected chi connectivity index (χ4v) is 2.19. The summed E-state index contributed by atoms with van der Waals surface area (Å²) in [5.41, 5.74) is 13.2. The first kappa shape index (κ1) is 22.2. The number of rotatable bonds is 8. The number of hydrogen-bond donors (Lipinski definition) is 3. The molecule has 2 aromatic rings. The molecule has 0 atom stereocenters. The summed E-state index contributed by atoms with van der Waals surface area (Å²) in [6, 6.07) is 11.7. The maximum atomic E-state index is 11.5. The Hall–Kier alpha value is -1.76. The van der Waals surface area contributed by atoms with Gasteiger partial charge in [-0.1, -0.05) is 18.2 Å². The minimum Gasteiger partial charge on any atom is -0.384 e. The lowest BCUT2D eigenvalue weighted by Crippen LogP contribution is -2.25. The molecule has 1 amide bonds. The molecule has 0 saturated carbocycles. The highest BCUT2D eigenvalue weighted by atomic mass is 35.5. The van der Waals surface area contributed by atoms with Gasteiger partial charge in [-0.3, -0.25) is 4.79 Å². The van der Waals surface area contributed by atoms with Gasteiger partial charge in [0, 0.05) is 19.0 Å². The van der Waals surface area contributed by atoms with Crippen LogP contribution in [0.5, 0.6) is 0 Å². The number of nitrogens with two attached hydrogens (primary N) is 2. The van der Waals surface area contributed by atoms with Crippen molar-refractivity contribution < 1.29 is 4.79 Å². The van der Waals surface area contributed by atoms with Gasteiger partial charge >= 0.3 is 0 Å². The predicted molar refractivity (Wildman–Crippen MR) is 102 cm³/mol. The SMILES string of the molecule is Cl.Cl.NCCCC(=O)NCCCc1cc(N)n(-c2ccccc2)n1. The van der Waals surface area contributed by atoms with Gasteiger partial charge in [0.25, 0.3) is 0 Å². The number of benzene rings is 1. The van der Waals surface area contributed by atoms with E-state index in [1.54, 1.807) is 4.68 Å². The van der Waals surface area contributed by atoms with Crippen LogP contribution in [0.1, 0.15) is 25.0 Å². The third-order valence-corrected chi connectivity index (χ3v) is 3.33. The van der Waals surface area contributed by atoms with Crippen LogP contribution in [0.3, 0.4) is 0 Å². The topological polar surface area (TPSA) is 99.0 Å². The van der Waals surface area contributed by atoms with Crippen molar-refractivity contribution in [2.45, 2.75) is 25.7 Å². The molecule has 1 aromatic carbocycles. The fraction of sp³-hybridized carbons (Fsp3) is 0.375. The van der Waals surface area contributed by atoms with E-state index in [0.29, 0.717) is 25.3 Å². The minimum absolute atomic E-state index is 0. The van der Waals surface area contributed by atoms with Crippen LogP contribution < -0.4 is 16.8 Å². The van der Waals surface area contributed by atoms with Crippen LogP contribution in [0.2, 0.25) is 0 Å². The Morgan fingerprint density at radius 2 is 1.88 bits per heavy atom. The van der Waals surface area contributed by atoms with Gasteiger partial charge < -0.3 is 16.8 Å². The standard InChI is InChI=1S/C16H23N5O.2ClH/c17-10-4-9-16(22)19-11-5-6-13-12-15(18)21(20-13)14-7-2-1-3-8-14;;/h1-3,7-8,12H,4-6,9-11,17-18H2,(H,19,22);2*1H. The summed E-state index contributed by atoms with van der Waals surface area (Å²) in [6.07, 6.45) is 2.83. The maximum Gasteiger partial charge on any atom is 0.220 e. The quantitative estimate of drug-likeness (QED) is 0.616. The van der Waals surface area contributed by atoms with E-state index in [1.165, 1.54) is 0 Å². The number of amides is 1. The van der Waals surface area contributed by atoms with Crippen molar-refractivity contribution in [3.63, 3.8) is 0 Å². The largest absolute Gasteiger partial charge is 0.384 e. The third kappa shape index (κ3) is 6.78.